The molecule has 1 aliphatic rings. The molecule has 1 atom stereocenters. The van der Waals surface area contributed by atoms with Gasteiger partial charge >= 0.3 is 6.16 Å². The van der Waals surface area contributed by atoms with Crippen molar-refractivity contribution in [3.8, 4) is 11.8 Å². The largest absolute Gasteiger partial charge is 0.513 e. The van der Waals surface area contributed by atoms with Crippen LogP contribution in [-0.2, 0) is 14.3 Å². The van der Waals surface area contributed by atoms with E-state index >= 15 is 0 Å². The molecule has 0 saturated heterocycles. The molecule has 5 nitrogen and oxygen atoms in total. The molecular formula is C24H23NO4. The standard InChI is InChI=1S/C24H23NO4/c1-5-8-17-11-15(2)22(16(3)12-17)23-20(26)13-18(19-9-6-7-10-25-19)14-21(23)29-24(27)28-4/h6-7,9-12,18H,13-14H2,1-4H3. The average Bonchev–Trinajstić information content (AvgIpc) is 2.70. The van der Waals surface area contributed by atoms with Crippen LogP contribution in [0.4, 0.5) is 4.79 Å². The number of carbonyl (C=O) groups excluding carboxylic acids is 2. The maximum absolute atomic E-state index is 13.2. The maximum Gasteiger partial charge on any atom is 0.513 e. The Balaban J connectivity index is 2.13. The Labute approximate surface area is 170 Å². The van der Waals surface area contributed by atoms with Crippen molar-refractivity contribution in [2.75, 3.05) is 7.11 Å². The predicted octanol–water partition coefficient (Wildman–Crippen LogP) is 4.71. The van der Waals surface area contributed by atoms with Gasteiger partial charge in [0.2, 0.25) is 0 Å². The number of aryl methyl sites for hydroxylation is 2. The topological polar surface area (TPSA) is 65.5 Å². The summed E-state index contributed by atoms with van der Waals surface area (Å²) in [5, 5.41) is 0. The highest BCUT2D eigenvalue weighted by Gasteiger charge is 2.34. The monoisotopic (exact) mass is 389 g/mol. The Morgan fingerprint density at radius 1 is 1.17 bits per heavy atom. The number of Topliss-reactive ketones (excluding diaryl/α,β-unsaturated/α-hetero) is 1. The summed E-state index contributed by atoms with van der Waals surface area (Å²) in [4.78, 5) is 29.5. The van der Waals surface area contributed by atoms with Gasteiger partial charge in [0, 0.05) is 36.2 Å². The lowest BCUT2D eigenvalue weighted by Crippen LogP contribution is -2.22. The zero-order chi connectivity index (χ0) is 21.0. The zero-order valence-electron chi connectivity index (χ0n) is 17.0. The fraction of sp³-hybridized carbons (Fsp3) is 0.292. The first-order valence-corrected chi connectivity index (χ1v) is 9.42. The van der Waals surface area contributed by atoms with Gasteiger partial charge < -0.3 is 9.47 Å². The van der Waals surface area contributed by atoms with E-state index < -0.39 is 6.16 Å². The van der Waals surface area contributed by atoms with Crippen LogP contribution >= 0.6 is 0 Å². The molecule has 1 aliphatic carbocycles. The van der Waals surface area contributed by atoms with Crippen LogP contribution in [0.3, 0.4) is 0 Å². The van der Waals surface area contributed by atoms with Gasteiger partial charge in [0.25, 0.3) is 0 Å². The van der Waals surface area contributed by atoms with Gasteiger partial charge in [0.1, 0.15) is 5.76 Å². The molecule has 2 aromatic rings. The van der Waals surface area contributed by atoms with Gasteiger partial charge in [0.05, 0.1) is 12.7 Å². The molecule has 29 heavy (non-hydrogen) atoms. The van der Waals surface area contributed by atoms with Gasteiger partial charge in [-0.25, -0.2) is 4.79 Å². The first kappa shape index (κ1) is 20.3. The predicted molar refractivity (Wildman–Crippen MR) is 110 cm³/mol. The van der Waals surface area contributed by atoms with Crippen LogP contribution in [0.1, 0.15) is 53.6 Å². The zero-order valence-corrected chi connectivity index (χ0v) is 17.0. The molecule has 0 radical (unpaired) electrons. The van der Waals surface area contributed by atoms with Crippen LogP contribution in [0.25, 0.3) is 5.57 Å². The van der Waals surface area contributed by atoms with E-state index in [9.17, 15) is 9.59 Å². The number of hydrogen-bond acceptors (Lipinski definition) is 5. The van der Waals surface area contributed by atoms with E-state index in [0.29, 0.717) is 24.2 Å². The van der Waals surface area contributed by atoms with E-state index in [1.807, 2.05) is 44.2 Å². The summed E-state index contributed by atoms with van der Waals surface area (Å²) in [6.45, 7) is 5.65. The summed E-state index contributed by atoms with van der Waals surface area (Å²) in [6, 6.07) is 9.48. The quantitative estimate of drug-likeness (QED) is 0.562. The third kappa shape index (κ3) is 4.38. The van der Waals surface area contributed by atoms with Crippen LogP contribution in [0.15, 0.2) is 42.3 Å². The Kier molecular flexibility index (Phi) is 6.13. The molecule has 5 heteroatoms. The second-order valence-electron chi connectivity index (χ2n) is 7.00. The highest BCUT2D eigenvalue weighted by Crippen LogP contribution is 2.40. The van der Waals surface area contributed by atoms with E-state index in [2.05, 4.69) is 21.6 Å². The number of ketones is 1. The molecule has 0 aliphatic heterocycles. The van der Waals surface area contributed by atoms with E-state index in [1.165, 1.54) is 7.11 Å². The lowest BCUT2D eigenvalue weighted by molar-refractivity contribution is -0.114. The number of methoxy groups -OCH3 is 1. The van der Waals surface area contributed by atoms with Crippen LogP contribution in [-0.4, -0.2) is 24.0 Å². The second kappa shape index (κ2) is 8.74. The fourth-order valence-electron chi connectivity index (χ4n) is 3.79. The number of pyridine rings is 1. The van der Waals surface area contributed by atoms with Gasteiger partial charge in [0.15, 0.2) is 5.78 Å². The molecule has 1 unspecified atom stereocenters. The third-order valence-electron chi connectivity index (χ3n) is 4.95. The number of nitrogens with zero attached hydrogens (tertiary/aromatic N) is 1. The highest BCUT2D eigenvalue weighted by atomic mass is 16.7. The summed E-state index contributed by atoms with van der Waals surface area (Å²) in [6.07, 6.45) is 1.55. The summed E-state index contributed by atoms with van der Waals surface area (Å²) < 4.78 is 10.1. The molecule has 0 saturated carbocycles. The molecule has 1 aromatic carbocycles. The number of carbonyl (C=O) groups is 2. The minimum absolute atomic E-state index is 0.0775. The number of ether oxygens (including phenoxy) is 2. The molecule has 0 bridgehead atoms. The Hall–Kier alpha value is -3.39. The molecule has 1 heterocycles. The Morgan fingerprint density at radius 3 is 2.48 bits per heavy atom. The number of rotatable bonds is 3. The SMILES string of the molecule is CC#Cc1cc(C)c(C2=C(OC(=O)OC)CC(c3ccccn3)CC2=O)c(C)c1. The summed E-state index contributed by atoms with van der Waals surface area (Å²) in [5.74, 6) is 6.03. The molecule has 3 rings (SSSR count). The fourth-order valence-corrected chi connectivity index (χ4v) is 3.79. The van der Waals surface area contributed by atoms with Crippen LogP contribution in [0, 0.1) is 25.7 Å². The van der Waals surface area contributed by atoms with Crippen molar-refractivity contribution >= 4 is 17.5 Å². The third-order valence-corrected chi connectivity index (χ3v) is 4.95. The normalized spacial score (nSPS) is 16.1. The van der Waals surface area contributed by atoms with Crippen molar-refractivity contribution in [1.29, 1.82) is 0 Å². The Morgan fingerprint density at radius 2 is 1.90 bits per heavy atom. The first-order chi connectivity index (χ1) is 13.9. The number of aromatic nitrogens is 1. The van der Waals surface area contributed by atoms with Crippen LogP contribution in [0.5, 0.6) is 0 Å². The maximum atomic E-state index is 13.2. The minimum atomic E-state index is -0.837. The average molecular weight is 389 g/mol. The molecule has 1 aromatic heterocycles. The van der Waals surface area contributed by atoms with Crippen molar-refractivity contribution in [2.45, 2.75) is 39.5 Å². The van der Waals surface area contributed by atoms with Crippen molar-refractivity contribution < 1.29 is 19.1 Å². The van der Waals surface area contributed by atoms with E-state index in [1.54, 1.807) is 13.1 Å². The van der Waals surface area contributed by atoms with Gasteiger partial charge in [-0.3, -0.25) is 9.78 Å². The highest BCUT2D eigenvalue weighted by molar-refractivity contribution is 6.23. The smallest absolute Gasteiger partial charge is 0.437 e. The summed E-state index contributed by atoms with van der Waals surface area (Å²) in [5.41, 5.74) is 4.73. The lowest BCUT2D eigenvalue weighted by Gasteiger charge is -2.27. The lowest BCUT2D eigenvalue weighted by atomic mass is 9.80. The molecular weight excluding hydrogens is 366 g/mol. The molecule has 0 spiro atoms. The number of allylic oxidation sites excluding steroid dienone is 2. The van der Waals surface area contributed by atoms with Crippen molar-refractivity contribution in [3.63, 3.8) is 0 Å². The van der Waals surface area contributed by atoms with Crippen molar-refractivity contribution in [3.05, 3.63) is 70.2 Å². The van der Waals surface area contributed by atoms with Crippen molar-refractivity contribution in [2.24, 2.45) is 0 Å². The number of hydrogen-bond donors (Lipinski definition) is 0. The minimum Gasteiger partial charge on any atom is -0.437 e. The van der Waals surface area contributed by atoms with Gasteiger partial charge in [-0.05, 0) is 61.7 Å². The summed E-state index contributed by atoms with van der Waals surface area (Å²) >= 11 is 0. The van der Waals surface area contributed by atoms with Crippen LogP contribution in [0.2, 0.25) is 0 Å². The molecule has 148 valence electrons. The second-order valence-corrected chi connectivity index (χ2v) is 7.00. The number of benzene rings is 1. The molecule has 0 N–H and O–H groups in total. The summed E-state index contributed by atoms with van der Waals surface area (Å²) in [7, 11) is 1.25. The first-order valence-electron chi connectivity index (χ1n) is 9.42. The van der Waals surface area contributed by atoms with Gasteiger partial charge in [-0.1, -0.05) is 12.0 Å². The van der Waals surface area contributed by atoms with Gasteiger partial charge in [-0.15, -0.1) is 5.92 Å². The van der Waals surface area contributed by atoms with Gasteiger partial charge in [-0.2, -0.15) is 0 Å². The molecule has 0 amide bonds. The van der Waals surface area contributed by atoms with Crippen LogP contribution < -0.4 is 0 Å². The Bertz CT molecular complexity index is 1020. The van der Waals surface area contributed by atoms with E-state index in [-0.39, 0.29) is 11.7 Å². The van der Waals surface area contributed by atoms with E-state index in [4.69, 9.17) is 4.74 Å². The molecule has 0 fully saturated rings. The van der Waals surface area contributed by atoms with E-state index in [0.717, 1.165) is 27.9 Å². The van der Waals surface area contributed by atoms with Crippen molar-refractivity contribution in [1.82, 2.24) is 4.98 Å².